The number of methoxy groups -OCH3 is 1. The molecule has 0 aliphatic heterocycles. The zero-order chi connectivity index (χ0) is 15.3. The van der Waals surface area contributed by atoms with Gasteiger partial charge in [0, 0.05) is 31.7 Å². The average molecular weight is 298 g/mol. The molecule has 0 heterocycles. The maximum atomic E-state index is 12.2. The van der Waals surface area contributed by atoms with Gasteiger partial charge >= 0.3 is 0 Å². The summed E-state index contributed by atoms with van der Waals surface area (Å²) in [5, 5.41) is 3.21. The number of ether oxygens (including phenoxy) is 2. The summed E-state index contributed by atoms with van der Waals surface area (Å²) < 4.78 is 11.1. The number of amides is 1. The van der Waals surface area contributed by atoms with E-state index in [4.69, 9.17) is 15.2 Å². The smallest absolute Gasteiger partial charge is 0.222 e. The molecule has 0 aromatic heterocycles. The first-order valence-corrected chi connectivity index (χ1v) is 8.30. The molecule has 1 amide bonds. The second kappa shape index (κ2) is 7.56. The Hall–Kier alpha value is -0.650. The molecule has 3 unspecified atom stereocenters. The maximum Gasteiger partial charge on any atom is 0.222 e. The van der Waals surface area contributed by atoms with E-state index in [-0.39, 0.29) is 23.5 Å². The molecule has 2 aliphatic carbocycles. The summed E-state index contributed by atoms with van der Waals surface area (Å²) in [6.45, 7) is 3.18. The third-order valence-electron chi connectivity index (χ3n) is 5.28. The van der Waals surface area contributed by atoms with E-state index in [1.54, 1.807) is 7.11 Å². The van der Waals surface area contributed by atoms with Gasteiger partial charge in [0.15, 0.2) is 0 Å². The van der Waals surface area contributed by atoms with Crippen LogP contribution in [0.15, 0.2) is 0 Å². The van der Waals surface area contributed by atoms with Crippen molar-refractivity contribution >= 4 is 5.91 Å². The lowest BCUT2D eigenvalue weighted by Crippen LogP contribution is -2.65. The number of carbonyl (C=O) groups is 1. The summed E-state index contributed by atoms with van der Waals surface area (Å²) >= 11 is 0. The van der Waals surface area contributed by atoms with Gasteiger partial charge in [0.25, 0.3) is 0 Å². The Labute approximate surface area is 127 Å². The average Bonchev–Trinajstić information content (AvgIpc) is 2.52. The van der Waals surface area contributed by atoms with E-state index in [9.17, 15) is 4.79 Å². The van der Waals surface area contributed by atoms with E-state index < -0.39 is 0 Å². The van der Waals surface area contributed by atoms with Crippen LogP contribution in [0, 0.1) is 5.41 Å². The second-order valence-corrected chi connectivity index (χ2v) is 6.39. The molecule has 5 nitrogen and oxygen atoms in total. The lowest BCUT2D eigenvalue weighted by molar-refractivity contribution is -0.157. The third kappa shape index (κ3) is 3.58. The number of carbonyl (C=O) groups excluding carboxylic acids is 1. The maximum absolute atomic E-state index is 12.2. The summed E-state index contributed by atoms with van der Waals surface area (Å²) in [6, 6.07) is 0.261. The fourth-order valence-corrected chi connectivity index (χ4v) is 3.99. The number of nitrogens with two attached hydrogens (primary N) is 1. The van der Waals surface area contributed by atoms with Crippen LogP contribution in [0.4, 0.5) is 0 Å². The lowest BCUT2D eigenvalue weighted by Gasteiger charge is -2.57. The largest absolute Gasteiger partial charge is 0.380 e. The fourth-order valence-electron chi connectivity index (χ4n) is 3.99. The van der Waals surface area contributed by atoms with Gasteiger partial charge in [0.05, 0.1) is 18.6 Å². The van der Waals surface area contributed by atoms with Crippen molar-refractivity contribution in [1.82, 2.24) is 5.32 Å². The van der Waals surface area contributed by atoms with Gasteiger partial charge in [-0.25, -0.2) is 0 Å². The minimum absolute atomic E-state index is 0.0530. The van der Waals surface area contributed by atoms with Crippen LogP contribution >= 0.6 is 0 Å². The van der Waals surface area contributed by atoms with Crippen LogP contribution in [0.2, 0.25) is 0 Å². The van der Waals surface area contributed by atoms with E-state index in [0.29, 0.717) is 19.1 Å². The molecule has 3 N–H and O–H groups in total. The molecule has 2 saturated carbocycles. The molecule has 21 heavy (non-hydrogen) atoms. The van der Waals surface area contributed by atoms with E-state index in [1.807, 2.05) is 6.92 Å². The predicted molar refractivity (Wildman–Crippen MR) is 81.9 cm³/mol. The van der Waals surface area contributed by atoms with Crippen molar-refractivity contribution in [2.75, 3.05) is 20.3 Å². The first-order chi connectivity index (χ1) is 10.2. The molecule has 5 heteroatoms. The highest BCUT2D eigenvalue weighted by Crippen LogP contribution is 2.53. The van der Waals surface area contributed by atoms with Crippen molar-refractivity contribution in [3.8, 4) is 0 Å². The van der Waals surface area contributed by atoms with Crippen molar-refractivity contribution in [1.29, 1.82) is 0 Å². The molecule has 3 atom stereocenters. The lowest BCUT2D eigenvalue weighted by atomic mass is 9.55. The minimum Gasteiger partial charge on any atom is -0.380 e. The van der Waals surface area contributed by atoms with Crippen LogP contribution in [0.3, 0.4) is 0 Å². The quantitative estimate of drug-likeness (QED) is 0.748. The monoisotopic (exact) mass is 298 g/mol. The van der Waals surface area contributed by atoms with Crippen LogP contribution in [0.5, 0.6) is 0 Å². The Morgan fingerprint density at radius 2 is 2.10 bits per heavy atom. The van der Waals surface area contributed by atoms with Crippen molar-refractivity contribution in [2.45, 2.75) is 70.1 Å². The van der Waals surface area contributed by atoms with Gasteiger partial charge in [0.1, 0.15) is 0 Å². The topological polar surface area (TPSA) is 73.6 Å². The van der Waals surface area contributed by atoms with E-state index in [0.717, 1.165) is 13.0 Å². The standard InChI is InChI=1S/C16H30N2O3/c1-3-21-14-10-13(16(14)7-5-4-6-8-16)18-15(19)9-12(11-17)20-2/h12-14H,3-11,17H2,1-2H3,(H,18,19). The van der Waals surface area contributed by atoms with Crippen LogP contribution in [-0.2, 0) is 14.3 Å². The summed E-state index contributed by atoms with van der Waals surface area (Å²) in [4.78, 5) is 12.2. The van der Waals surface area contributed by atoms with Gasteiger partial charge in [0.2, 0.25) is 5.91 Å². The van der Waals surface area contributed by atoms with Crippen LogP contribution in [0.1, 0.15) is 51.9 Å². The van der Waals surface area contributed by atoms with E-state index in [2.05, 4.69) is 5.32 Å². The Morgan fingerprint density at radius 1 is 1.38 bits per heavy atom. The molecule has 2 fully saturated rings. The molecule has 1 spiro atoms. The van der Waals surface area contributed by atoms with Crippen LogP contribution in [0.25, 0.3) is 0 Å². The number of hydrogen-bond donors (Lipinski definition) is 2. The highest BCUT2D eigenvalue weighted by molar-refractivity contribution is 5.77. The van der Waals surface area contributed by atoms with Gasteiger partial charge in [-0.2, -0.15) is 0 Å². The molecule has 0 aromatic carbocycles. The predicted octanol–water partition coefficient (Wildman–Crippen LogP) is 1.59. The van der Waals surface area contributed by atoms with E-state index in [1.165, 1.54) is 32.1 Å². The van der Waals surface area contributed by atoms with Crippen LogP contribution in [-0.4, -0.2) is 44.4 Å². The molecule has 122 valence electrons. The number of rotatable bonds is 7. The third-order valence-corrected chi connectivity index (χ3v) is 5.28. The number of nitrogens with one attached hydrogen (secondary N) is 1. The highest BCUT2D eigenvalue weighted by atomic mass is 16.5. The molecule has 0 saturated heterocycles. The molecule has 2 aliphatic rings. The van der Waals surface area contributed by atoms with Gasteiger partial charge in [-0.1, -0.05) is 19.3 Å². The van der Waals surface area contributed by atoms with Gasteiger partial charge < -0.3 is 20.5 Å². The van der Waals surface area contributed by atoms with Crippen molar-refractivity contribution in [3.63, 3.8) is 0 Å². The Bertz CT molecular complexity index is 338. The highest BCUT2D eigenvalue weighted by Gasteiger charge is 2.56. The molecular weight excluding hydrogens is 268 g/mol. The van der Waals surface area contributed by atoms with Gasteiger partial charge in [-0.05, 0) is 26.2 Å². The van der Waals surface area contributed by atoms with Gasteiger partial charge in [-0.3, -0.25) is 4.79 Å². The SMILES string of the molecule is CCOC1CC(NC(=O)CC(CN)OC)C12CCCCC2. The molecule has 0 bridgehead atoms. The Kier molecular flexibility index (Phi) is 6.02. The summed E-state index contributed by atoms with van der Waals surface area (Å²) in [5.74, 6) is 0.0530. The summed E-state index contributed by atoms with van der Waals surface area (Å²) in [5.41, 5.74) is 5.76. The second-order valence-electron chi connectivity index (χ2n) is 6.39. The summed E-state index contributed by atoms with van der Waals surface area (Å²) in [7, 11) is 1.60. The van der Waals surface area contributed by atoms with Crippen LogP contribution < -0.4 is 11.1 Å². The molecule has 0 aromatic rings. The molecule has 0 radical (unpaired) electrons. The summed E-state index contributed by atoms with van der Waals surface area (Å²) in [6.07, 6.45) is 7.58. The van der Waals surface area contributed by atoms with Crippen molar-refractivity contribution in [3.05, 3.63) is 0 Å². The normalized spacial score (nSPS) is 28.9. The first kappa shape index (κ1) is 16.7. The van der Waals surface area contributed by atoms with Crippen molar-refractivity contribution < 1.29 is 14.3 Å². The zero-order valence-electron chi connectivity index (χ0n) is 13.4. The Morgan fingerprint density at radius 3 is 2.67 bits per heavy atom. The van der Waals surface area contributed by atoms with Crippen molar-refractivity contribution in [2.24, 2.45) is 11.1 Å². The van der Waals surface area contributed by atoms with Gasteiger partial charge in [-0.15, -0.1) is 0 Å². The fraction of sp³-hybridized carbons (Fsp3) is 0.938. The Balaban J connectivity index is 1.91. The molecule has 2 rings (SSSR count). The van der Waals surface area contributed by atoms with E-state index >= 15 is 0 Å². The number of hydrogen-bond acceptors (Lipinski definition) is 4. The first-order valence-electron chi connectivity index (χ1n) is 8.30. The zero-order valence-corrected chi connectivity index (χ0v) is 13.4. The minimum atomic E-state index is -0.185. The molecular formula is C16H30N2O3.